The molecule has 6 nitrogen and oxygen atoms in total. The Bertz CT molecular complexity index is 1150. The van der Waals surface area contributed by atoms with Gasteiger partial charge < -0.3 is 20.1 Å². The van der Waals surface area contributed by atoms with Gasteiger partial charge in [-0.2, -0.15) is 4.98 Å². The van der Waals surface area contributed by atoms with Gasteiger partial charge in [0.15, 0.2) is 0 Å². The number of benzene rings is 3. The van der Waals surface area contributed by atoms with Crippen molar-refractivity contribution in [2.24, 2.45) is 0 Å². The Hall–Kier alpha value is -3.51. The molecule has 0 saturated carbocycles. The summed E-state index contributed by atoms with van der Waals surface area (Å²) in [5, 5.41) is 8.04. The first-order valence-electron chi connectivity index (χ1n) is 8.94. The Kier molecular flexibility index (Phi) is 5.35. The first kappa shape index (κ1) is 18.8. The third kappa shape index (κ3) is 4.17. The van der Waals surface area contributed by atoms with Crippen molar-refractivity contribution in [3.63, 3.8) is 0 Å². The van der Waals surface area contributed by atoms with E-state index in [0.717, 1.165) is 28.0 Å². The molecule has 1 heterocycles. The van der Waals surface area contributed by atoms with Gasteiger partial charge in [-0.3, -0.25) is 0 Å². The molecule has 0 aliphatic rings. The highest BCUT2D eigenvalue weighted by Gasteiger charge is 2.10. The minimum atomic E-state index is 0.484. The predicted octanol–water partition coefficient (Wildman–Crippen LogP) is 5.79. The molecule has 0 saturated heterocycles. The van der Waals surface area contributed by atoms with E-state index in [1.807, 2.05) is 60.7 Å². The molecule has 29 heavy (non-hydrogen) atoms. The van der Waals surface area contributed by atoms with Gasteiger partial charge >= 0.3 is 0 Å². The molecule has 4 aromatic rings. The highest BCUT2D eigenvalue weighted by atomic mass is 35.5. The third-order valence-corrected chi connectivity index (χ3v) is 4.68. The molecule has 0 aliphatic heterocycles. The number of ether oxygens (including phenoxy) is 2. The second kappa shape index (κ2) is 8.24. The Labute approximate surface area is 173 Å². The standard InChI is InChI=1S/C22H19ClN4O2/c1-28-16-10-7-14(8-11-16)25-22-26-19-6-4-3-5-17(19)21(27-22)24-15-9-12-18(23)20(13-15)29-2/h3-13H,1-2H3,(H2,24,25,26,27). The van der Waals surface area contributed by atoms with E-state index in [1.54, 1.807) is 20.3 Å². The summed E-state index contributed by atoms with van der Waals surface area (Å²) in [4.78, 5) is 9.30. The van der Waals surface area contributed by atoms with Crippen LogP contribution in [0.1, 0.15) is 0 Å². The Balaban J connectivity index is 1.70. The SMILES string of the molecule is COc1ccc(Nc2nc(Nc3ccc(Cl)c(OC)c3)c3ccccc3n2)cc1. The number of anilines is 4. The Morgan fingerprint density at radius 1 is 0.793 bits per heavy atom. The van der Waals surface area contributed by atoms with Crippen LogP contribution in [0.2, 0.25) is 5.02 Å². The van der Waals surface area contributed by atoms with Crippen molar-refractivity contribution in [3.05, 3.63) is 71.8 Å². The monoisotopic (exact) mass is 406 g/mol. The molecule has 0 bridgehead atoms. The minimum absolute atomic E-state index is 0.484. The highest BCUT2D eigenvalue weighted by Crippen LogP contribution is 2.31. The van der Waals surface area contributed by atoms with E-state index in [0.29, 0.717) is 22.5 Å². The topological polar surface area (TPSA) is 68.3 Å². The molecular formula is C22H19ClN4O2. The number of methoxy groups -OCH3 is 2. The van der Waals surface area contributed by atoms with Gasteiger partial charge in [-0.05, 0) is 48.5 Å². The number of nitrogens with zero attached hydrogens (tertiary/aromatic N) is 2. The number of fused-ring (bicyclic) bond motifs is 1. The van der Waals surface area contributed by atoms with E-state index in [1.165, 1.54) is 0 Å². The zero-order valence-corrected chi connectivity index (χ0v) is 16.7. The quantitative estimate of drug-likeness (QED) is 0.422. The van der Waals surface area contributed by atoms with Crippen LogP contribution in [-0.2, 0) is 0 Å². The maximum Gasteiger partial charge on any atom is 0.229 e. The summed E-state index contributed by atoms with van der Waals surface area (Å²) in [6.45, 7) is 0. The van der Waals surface area contributed by atoms with Gasteiger partial charge in [-0.15, -0.1) is 0 Å². The molecule has 0 atom stereocenters. The van der Waals surface area contributed by atoms with Crippen LogP contribution in [0.5, 0.6) is 11.5 Å². The summed E-state index contributed by atoms with van der Waals surface area (Å²) in [5.41, 5.74) is 2.49. The summed E-state index contributed by atoms with van der Waals surface area (Å²) in [7, 11) is 3.22. The van der Waals surface area contributed by atoms with E-state index >= 15 is 0 Å². The van der Waals surface area contributed by atoms with E-state index in [2.05, 4.69) is 20.6 Å². The van der Waals surface area contributed by atoms with Gasteiger partial charge in [0.2, 0.25) is 5.95 Å². The number of para-hydroxylation sites is 1. The molecule has 0 amide bonds. The van der Waals surface area contributed by atoms with E-state index in [9.17, 15) is 0 Å². The van der Waals surface area contributed by atoms with Crippen molar-refractivity contribution in [2.45, 2.75) is 0 Å². The number of halogens is 1. The summed E-state index contributed by atoms with van der Waals surface area (Å²) in [6.07, 6.45) is 0. The van der Waals surface area contributed by atoms with Gasteiger partial charge in [0, 0.05) is 22.8 Å². The average Bonchev–Trinajstić information content (AvgIpc) is 2.75. The molecular weight excluding hydrogens is 388 g/mol. The lowest BCUT2D eigenvalue weighted by Gasteiger charge is -2.13. The van der Waals surface area contributed by atoms with Crippen LogP contribution in [0.4, 0.5) is 23.1 Å². The zero-order valence-electron chi connectivity index (χ0n) is 15.9. The van der Waals surface area contributed by atoms with Gasteiger partial charge in [-0.1, -0.05) is 23.7 Å². The molecule has 4 rings (SSSR count). The molecule has 0 radical (unpaired) electrons. The van der Waals surface area contributed by atoms with Gasteiger partial charge in [0.25, 0.3) is 0 Å². The number of hydrogen-bond acceptors (Lipinski definition) is 6. The van der Waals surface area contributed by atoms with Gasteiger partial charge in [0.05, 0.1) is 24.8 Å². The van der Waals surface area contributed by atoms with E-state index in [-0.39, 0.29) is 0 Å². The zero-order chi connectivity index (χ0) is 20.2. The van der Waals surface area contributed by atoms with E-state index < -0.39 is 0 Å². The van der Waals surface area contributed by atoms with Crippen molar-refractivity contribution in [3.8, 4) is 11.5 Å². The molecule has 146 valence electrons. The van der Waals surface area contributed by atoms with Crippen LogP contribution in [0.15, 0.2) is 66.7 Å². The van der Waals surface area contributed by atoms with Crippen molar-refractivity contribution >= 4 is 45.6 Å². The van der Waals surface area contributed by atoms with Crippen LogP contribution in [0.25, 0.3) is 10.9 Å². The predicted molar refractivity (Wildman–Crippen MR) is 117 cm³/mol. The van der Waals surface area contributed by atoms with Gasteiger partial charge in [-0.25, -0.2) is 4.98 Å². The van der Waals surface area contributed by atoms with Crippen LogP contribution in [0, 0.1) is 0 Å². The average molecular weight is 407 g/mol. The fourth-order valence-corrected chi connectivity index (χ4v) is 3.10. The molecule has 0 aliphatic carbocycles. The van der Waals surface area contributed by atoms with Crippen molar-refractivity contribution < 1.29 is 9.47 Å². The fraction of sp³-hybridized carbons (Fsp3) is 0.0909. The second-order valence-corrected chi connectivity index (χ2v) is 6.65. The second-order valence-electron chi connectivity index (χ2n) is 6.24. The lowest BCUT2D eigenvalue weighted by Crippen LogP contribution is -2.02. The van der Waals surface area contributed by atoms with Crippen molar-refractivity contribution in [1.82, 2.24) is 9.97 Å². The lowest BCUT2D eigenvalue weighted by atomic mass is 10.2. The van der Waals surface area contributed by atoms with E-state index in [4.69, 9.17) is 21.1 Å². The summed E-state index contributed by atoms with van der Waals surface area (Å²) < 4.78 is 10.5. The van der Waals surface area contributed by atoms with Crippen LogP contribution >= 0.6 is 11.6 Å². The molecule has 2 N–H and O–H groups in total. The third-order valence-electron chi connectivity index (χ3n) is 4.36. The summed E-state index contributed by atoms with van der Waals surface area (Å²) >= 11 is 6.13. The van der Waals surface area contributed by atoms with Gasteiger partial charge in [0.1, 0.15) is 17.3 Å². The van der Waals surface area contributed by atoms with Crippen LogP contribution in [0.3, 0.4) is 0 Å². The van der Waals surface area contributed by atoms with Crippen molar-refractivity contribution in [1.29, 1.82) is 0 Å². The minimum Gasteiger partial charge on any atom is -0.497 e. The molecule has 0 fully saturated rings. The maximum atomic E-state index is 6.13. The first-order chi connectivity index (χ1) is 14.2. The Morgan fingerprint density at radius 3 is 2.31 bits per heavy atom. The molecule has 7 heteroatoms. The normalized spacial score (nSPS) is 10.6. The molecule has 3 aromatic carbocycles. The van der Waals surface area contributed by atoms with Crippen LogP contribution < -0.4 is 20.1 Å². The summed E-state index contributed by atoms with van der Waals surface area (Å²) in [6, 6.07) is 20.9. The number of aromatic nitrogens is 2. The number of hydrogen-bond donors (Lipinski definition) is 2. The molecule has 1 aromatic heterocycles. The van der Waals surface area contributed by atoms with Crippen LogP contribution in [-0.4, -0.2) is 24.2 Å². The molecule has 0 spiro atoms. The Morgan fingerprint density at radius 2 is 1.55 bits per heavy atom. The summed E-state index contributed by atoms with van der Waals surface area (Å²) in [5.74, 6) is 2.54. The maximum absolute atomic E-state index is 6.13. The van der Waals surface area contributed by atoms with Crippen molar-refractivity contribution in [2.75, 3.05) is 24.9 Å². The molecule has 0 unspecified atom stereocenters. The number of nitrogens with one attached hydrogen (secondary N) is 2. The lowest BCUT2D eigenvalue weighted by molar-refractivity contribution is 0.415. The largest absolute Gasteiger partial charge is 0.497 e. The fourth-order valence-electron chi connectivity index (χ4n) is 2.91. The highest BCUT2D eigenvalue weighted by molar-refractivity contribution is 6.32. The number of rotatable bonds is 6. The smallest absolute Gasteiger partial charge is 0.229 e. The first-order valence-corrected chi connectivity index (χ1v) is 9.32.